The second-order valence-corrected chi connectivity index (χ2v) is 12.6. The molecule has 2 aromatic heterocycles. The highest BCUT2D eigenvalue weighted by atomic mass is 19.1. The Morgan fingerprint density at radius 1 is 1.12 bits per heavy atom. The summed E-state index contributed by atoms with van der Waals surface area (Å²) in [5.41, 5.74) is 4.51. The van der Waals surface area contributed by atoms with Crippen molar-refractivity contribution in [1.29, 1.82) is 0 Å². The number of halogens is 1. The molecule has 1 unspecified atom stereocenters. The first kappa shape index (κ1) is 30.4. The molecule has 3 aromatic rings. The van der Waals surface area contributed by atoms with Crippen LogP contribution in [0.3, 0.4) is 0 Å². The minimum atomic E-state index is -1.20. The number of carbonyl (C=O) groups is 1. The quantitative estimate of drug-likeness (QED) is 0.315. The zero-order valence-corrected chi connectivity index (χ0v) is 25.1. The molecule has 0 saturated carbocycles. The number of benzene rings is 1. The van der Waals surface area contributed by atoms with Crippen molar-refractivity contribution in [2.24, 2.45) is 5.41 Å². The third kappa shape index (κ3) is 7.58. The lowest BCUT2D eigenvalue weighted by atomic mass is 9.82. The van der Waals surface area contributed by atoms with Crippen LogP contribution >= 0.6 is 0 Å². The highest BCUT2D eigenvalue weighted by Gasteiger charge is 2.36. The molecule has 1 aliphatic rings. The second kappa shape index (κ2) is 12.1. The Balaban J connectivity index is 1.71. The summed E-state index contributed by atoms with van der Waals surface area (Å²) >= 11 is 0. The van der Waals surface area contributed by atoms with Crippen molar-refractivity contribution in [3.05, 3.63) is 64.7 Å². The Bertz CT molecular complexity index is 1380. The van der Waals surface area contributed by atoms with E-state index in [1.807, 2.05) is 40.7 Å². The van der Waals surface area contributed by atoms with E-state index in [1.54, 1.807) is 18.3 Å². The zero-order chi connectivity index (χ0) is 29.9. The molecule has 1 N–H and O–H groups in total. The maximum atomic E-state index is 13.2. The maximum Gasteiger partial charge on any atom is 0.337 e. The number of carboxylic acids is 1. The molecule has 1 aromatic carbocycles. The van der Waals surface area contributed by atoms with Crippen LogP contribution < -0.4 is 9.64 Å². The van der Waals surface area contributed by atoms with Gasteiger partial charge in [0.2, 0.25) is 5.88 Å². The van der Waals surface area contributed by atoms with Crippen LogP contribution in [-0.2, 0) is 16.0 Å². The van der Waals surface area contributed by atoms with Gasteiger partial charge in [-0.2, -0.15) is 0 Å². The minimum Gasteiger partial charge on any atom is -0.479 e. The van der Waals surface area contributed by atoms with Gasteiger partial charge >= 0.3 is 5.97 Å². The van der Waals surface area contributed by atoms with Crippen LogP contribution in [0, 0.1) is 25.1 Å². The summed E-state index contributed by atoms with van der Waals surface area (Å²) in [6, 6.07) is 8.23. The second-order valence-electron chi connectivity index (χ2n) is 12.6. The highest BCUT2D eigenvalue weighted by Crippen LogP contribution is 2.43. The molecule has 1 aliphatic heterocycles. The van der Waals surface area contributed by atoms with E-state index in [4.69, 9.17) is 9.47 Å². The molecule has 0 spiro atoms. The van der Waals surface area contributed by atoms with Gasteiger partial charge in [-0.25, -0.2) is 9.18 Å². The molecule has 0 amide bonds. The average molecular weight is 565 g/mol. The summed E-state index contributed by atoms with van der Waals surface area (Å²) in [6.07, 6.45) is 3.10. The van der Waals surface area contributed by atoms with Crippen LogP contribution in [0.5, 0.6) is 5.88 Å². The first-order chi connectivity index (χ1) is 19.2. The van der Waals surface area contributed by atoms with Crippen molar-refractivity contribution >= 4 is 11.7 Å². The standard InChI is InChI=1S/C32H41FN4O4/c1-20-18-25(35-36-29(20)40-17-12-22-8-10-23(33)11-9-22)24-19-34-21(2)26(28(30(38)39)41-31(3,4)5)27(24)37-15-13-32(6,7)14-16-37/h8-11,18-19,28H,12-17H2,1-7H3,(H,38,39). The van der Waals surface area contributed by atoms with Crippen molar-refractivity contribution < 1.29 is 23.8 Å². The van der Waals surface area contributed by atoms with Crippen molar-refractivity contribution in [2.45, 2.75) is 79.4 Å². The first-order valence-electron chi connectivity index (χ1n) is 14.1. The van der Waals surface area contributed by atoms with E-state index in [1.165, 1.54) is 12.1 Å². The molecular weight excluding hydrogens is 523 g/mol. The predicted molar refractivity (Wildman–Crippen MR) is 157 cm³/mol. The molecule has 1 atom stereocenters. The first-order valence-corrected chi connectivity index (χ1v) is 14.1. The number of hydrogen-bond donors (Lipinski definition) is 1. The number of hydrogen-bond acceptors (Lipinski definition) is 7. The fourth-order valence-electron chi connectivity index (χ4n) is 5.04. The molecule has 4 rings (SSSR count). The van der Waals surface area contributed by atoms with E-state index >= 15 is 0 Å². The van der Waals surface area contributed by atoms with Crippen molar-refractivity contribution in [3.8, 4) is 17.1 Å². The van der Waals surface area contributed by atoms with Gasteiger partial charge < -0.3 is 19.5 Å². The van der Waals surface area contributed by atoms with Crippen LogP contribution in [0.25, 0.3) is 11.3 Å². The number of rotatable bonds is 9. The molecule has 1 saturated heterocycles. The Morgan fingerprint density at radius 3 is 2.37 bits per heavy atom. The Morgan fingerprint density at radius 2 is 1.78 bits per heavy atom. The van der Waals surface area contributed by atoms with Gasteiger partial charge in [-0.1, -0.05) is 26.0 Å². The summed E-state index contributed by atoms with van der Waals surface area (Å²) in [4.78, 5) is 19.5. The van der Waals surface area contributed by atoms with Crippen LogP contribution in [-0.4, -0.2) is 51.6 Å². The predicted octanol–water partition coefficient (Wildman–Crippen LogP) is 6.48. The molecule has 0 aliphatic carbocycles. The molecule has 0 radical (unpaired) electrons. The van der Waals surface area contributed by atoms with Crippen molar-refractivity contribution in [2.75, 3.05) is 24.6 Å². The monoisotopic (exact) mass is 564 g/mol. The van der Waals surface area contributed by atoms with Gasteiger partial charge in [0.1, 0.15) is 5.82 Å². The average Bonchev–Trinajstić information content (AvgIpc) is 2.89. The fourth-order valence-corrected chi connectivity index (χ4v) is 5.04. The number of anilines is 1. The fraction of sp³-hybridized carbons (Fsp3) is 0.500. The zero-order valence-electron chi connectivity index (χ0n) is 25.1. The molecular formula is C32H41FN4O4. The van der Waals surface area contributed by atoms with Crippen LogP contribution in [0.1, 0.15) is 75.9 Å². The van der Waals surface area contributed by atoms with Crippen LogP contribution in [0.4, 0.5) is 10.1 Å². The third-order valence-electron chi connectivity index (χ3n) is 7.44. The van der Waals surface area contributed by atoms with E-state index in [-0.39, 0.29) is 11.2 Å². The topological polar surface area (TPSA) is 97.7 Å². The molecule has 1 fully saturated rings. The van der Waals surface area contributed by atoms with E-state index in [0.29, 0.717) is 41.4 Å². The number of nitrogens with zero attached hydrogens (tertiary/aromatic N) is 4. The Labute approximate surface area is 241 Å². The minimum absolute atomic E-state index is 0.205. The number of aryl methyl sites for hydroxylation is 2. The lowest BCUT2D eigenvalue weighted by Gasteiger charge is -2.40. The summed E-state index contributed by atoms with van der Waals surface area (Å²) in [5.74, 6) is -0.919. The van der Waals surface area contributed by atoms with Gasteiger partial charge in [0, 0.05) is 48.1 Å². The van der Waals surface area contributed by atoms with E-state index in [0.717, 1.165) is 42.7 Å². The van der Waals surface area contributed by atoms with Crippen LogP contribution in [0.15, 0.2) is 36.5 Å². The van der Waals surface area contributed by atoms with Crippen molar-refractivity contribution in [3.63, 3.8) is 0 Å². The van der Waals surface area contributed by atoms with E-state index in [9.17, 15) is 14.3 Å². The normalized spacial score (nSPS) is 16.0. The van der Waals surface area contributed by atoms with E-state index in [2.05, 4.69) is 33.9 Å². The number of carboxylic acid groups (broad SMARTS) is 1. The molecule has 9 heteroatoms. The summed E-state index contributed by atoms with van der Waals surface area (Å²) in [5, 5.41) is 19.2. The summed E-state index contributed by atoms with van der Waals surface area (Å²) < 4.78 is 25.2. The number of ether oxygens (including phenoxy) is 2. The smallest absolute Gasteiger partial charge is 0.337 e. The molecule has 0 bridgehead atoms. The molecule has 41 heavy (non-hydrogen) atoms. The summed E-state index contributed by atoms with van der Waals surface area (Å²) in [7, 11) is 0. The van der Waals surface area contributed by atoms with Gasteiger partial charge in [0.15, 0.2) is 6.10 Å². The lowest BCUT2D eigenvalue weighted by molar-refractivity contribution is -0.160. The molecule has 8 nitrogen and oxygen atoms in total. The number of pyridine rings is 1. The number of aliphatic carboxylic acids is 1. The van der Waals surface area contributed by atoms with Gasteiger partial charge in [-0.05, 0) is 76.6 Å². The molecule has 220 valence electrons. The third-order valence-corrected chi connectivity index (χ3v) is 7.44. The maximum absolute atomic E-state index is 13.2. The van der Waals surface area contributed by atoms with Gasteiger partial charge in [0.25, 0.3) is 0 Å². The highest BCUT2D eigenvalue weighted by molar-refractivity contribution is 5.85. The van der Waals surface area contributed by atoms with Gasteiger partial charge in [-0.3, -0.25) is 4.98 Å². The summed E-state index contributed by atoms with van der Waals surface area (Å²) in [6.45, 7) is 15.7. The molecule has 3 heterocycles. The van der Waals surface area contributed by atoms with Gasteiger partial charge in [0.05, 0.1) is 23.6 Å². The lowest BCUT2D eigenvalue weighted by Crippen LogP contribution is -2.39. The Kier molecular flexibility index (Phi) is 8.97. The Hall–Kier alpha value is -3.59. The SMILES string of the molecule is Cc1cc(-c2cnc(C)c(C(OC(C)(C)C)C(=O)O)c2N2CCC(C)(C)CC2)nnc1OCCc1ccc(F)cc1. The van der Waals surface area contributed by atoms with Crippen LogP contribution in [0.2, 0.25) is 0 Å². The number of aromatic nitrogens is 3. The number of piperidine rings is 1. The van der Waals surface area contributed by atoms with E-state index < -0.39 is 17.7 Å². The van der Waals surface area contributed by atoms with Gasteiger partial charge in [-0.15, -0.1) is 10.2 Å². The largest absolute Gasteiger partial charge is 0.479 e. The van der Waals surface area contributed by atoms with Crippen molar-refractivity contribution in [1.82, 2.24) is 15.2 Å².